The van der Waals surface area contributed by atoms with E-state index >= 15 is 0 Å². The van der Waals surface area contributed by atoms with Crippen LogP contribution in [0.25, 0.3) is 11.0 Å². The van der Waals surface area contributed by atoms with Crippen molar-refractivity contribution in [1.82, 2.24) is 19.3 Å². The highest BCUT2D eigenvalue weighted by molar-refractivity contribution is 5.91. The van der Waals surface area contributed by atoms with Gasteiger partial charge in [0.15, 0.2) is 5.82 Å². The lowest BCUT2D eigenvalue weighted by atomic mass is 10.2. The molecule has 0 unspecified atom stereocenters. The van der Waals surface area contributed by atoms with Gasteiger partial charge in [0.1, 0.15) is 6.54 Å². The molecule has 7 heteroatoms. The average molecular weight is 360 g/mol. The maximum Gasteiger partial charge on any atom is 0.245 e. The number of nitrogens with one attached hydrogen (secondary N) is 2. The quantitative estimate of drug-likeness (QED) is 0.554. The van der Waals surface area contributed by atoms with E-state index in [1.54, 1.807) is 16.9 Å². The predicted octanol–water partition coefficient (Wildman–Crippen LogP) is 3.02. The zero-order chi connectivity index (χ0) is 18.6. The zero-order valence-electron chi connectivity index (χ0n) is 15.0. The smallest absolute Gasteiger partial charge is 0.245 e. The molecule has 4 aromatic rings. The van der Waals surface area contributed by atoms with Crippen LogP contribution in [0.15, 0.2) is 66.9 Å². The zero-order valence-corrected chi connectivity index (χ0v) is 15.0. The number of nitrogens with zero attached hydrogens (tertiary/aromatic N) is 4. The van der Waals surface area contributed by atoms with Crippen LogP contribution in [0.3, 0.4) is 0 Å². The number of imidazole rings is 1. The monoisotopic (exact) mass is 360 g/mol. The molecule has 2 aromatic heterocycles. The minimum atomic E-state index is -0.153. The maximum atomic E-state index is 12.5. The summed E-state index contributed by atoms with van der Waals surface area (Å²) in [6, 6.07) is 19.6. The fourth-order valence-electron chi connectivity index (χ4n) is 2.96. The lowest BCUT2D eigenvalue weighted by molar-refractivity contribution is -0.116. The van der Waals surface area contributed by atoms with Gasteiger partial charge in [-0.15, -0.1) is 0 Å². The number of carbonyl (C=O) groups excluding carboxylic acids is 1. The van der Waals surface area contributed by atoms with E-state index in [0.29, 0.717) is 18.3 Å². The molecule has 0 aliphatic heterocycles. The second kappa shape index (κ2) is 7.33. The van der Waals surface area contributed by atoms with Crippen molar-refractivity contribution < 1.29 is 4.79 Å². The first-order valence-electron chi connectivity index (χ1n) is 8.71. The van der Waals surface area contributed by atoms with Crippen LogP contribution in [-0.2, 0) is 24.9 Å². The molecule has 2 aromatic carbocycles. The summed E-state index contributed by atoms with van der Waals surface area (Å²) in [7, 11) is 1.81. The van der Waals surface area contributed by atoms with E-state index < -0.39 is 0 Å². The topological polar surface area (TPSA) is 76.8 Å². The van der Waals surface area contributed by atoms with Gasteiger partial charge in [-0.25, -0.2) is 4.98 Å². The van der Waals surface area contributed by atoms with Gasteiger partial charge in [-0.2, -0.15) is 5.10 Å². The number of hydrogen-bond donors (Lipinski definition) is 2. The number of fused-ring (bicyclic) bond motifs is 1. The lowest BCUT2D eigenvalue weighted by Gasteiger charge is -2.11. The first kappa shape index (κ1) is 16.8. The Morgan fingerprint density at radius 1 is 1.04 bits per heavy atom. The van der Waals surface area contributed by atoms with E-state index in [1.807, 2.05) is 66.2 Å². The normalized spacial score (nSPS) is 10.9. The summed E-state index contributed by atoms with van der Waals surface area (Å²) >= 11 is 0. The van der Waals surface area contributed by atoms with E-state index in [2.05, 4.69) is 20.7 Å². The molecule has 1 amide bonds. The third-order valence-corrected chi connectivity index (χ3v) is 4.23. The van der Waals surface area contributed by atoms with Crippen LogP contribution in [0.4, 0.5) is 11.8 Å². The highest BCUT2D eigenvalue weighted by Gasteiger charge is 2.14. The van der Waals surface area contributed by atoms with Crippen molar-refractivity contribution in [2.45, 2.75) is 13.1 Å². The van der Waals surface area contributed by atoms with E-state index in [0.717, 1.165) is 16.6 Å². The van der Waals surface area contributed by atoms with Crippen molar-refractivity contribution in [2.75, 3.05) is 10.6 Å². The number of amides is 1. The Morgan fingerprint density at radius 3 is 2.59 bits per heavy atom. The van der Waals surface area contributed by atoms with Crippen molar-refractivity contribution in [2.24, 2.45) is 7.05 Å². The molecule has 27 heavy (non-hydrogen) atoms. The van der Waals surface area contributed by atoms with E-state index in [4.69, 9.17) is 0 Å². The molecule has 2 heterocycles. The molecule has 7 nitrogen and oxygen atoms in total. The Balaban J connectivity index is 1.56. The fraction of sp³-hybridized carbons (Fsp3) is 0.150. The number of rotatable bonds is 6. The van der Waals surface area contributed by atoms with E-state index in [1.165, 1.54) is 0 Å². The largest absolute Gasteiger partial charge is 0.352 e. The summed E-state index contributed by atoms with van der Waals surface area (Å²) in [4.78, 5) is 17.2. The molecule has 0 aliphatic rings. The Bertz CT molecular complexity index is 1070. The van der Waals surface area contributed by atoms with Gasteiger partial charge in [0.2, 0.25) is 11.9 Å². The average Bonchev–Trinajstić information content (AvgIpc) is 3.24. The number of aromatic nitrogens is 4. The van der Waals surface area contributed by atoms with Crippen molar-refractivity contribution in [3.05, 3.63) is 72.4 Å². The van der Waals surface area contributed by atoms with Crippen molar-refractivity contribution in [1.29, 1.82) is 0 Å². The van der Waals surface area contributed by atoms with Crippen molar-refractivity contribution in [3.8, 4) is 0 Å². The molecule has 0 atom stereocenters. The van der Waals surface area contributed by atoms with Crippen LogP contribution in [0.2, 0.25) is 0 Å². The summed E-state index contributed by atoms with van der Waals surface area (Å²) in [6.07, 6.45) is 1.79. The lowest BCUT2D eigenvalue weighted by Crippen LogP contribution is -2.20. The maximum absolute atomic E-state index is 12.5. The van der Waals surface area contributed by atoms with Gasteiger partial charge in [-0.1, -0.05) is 42.5 Å². The minimum absolute atomic E-state index is 0.147. The number of benzene rings is 2. The molecule has 0 bridgehead atoms. The molecule has 0 aliphatic carbocycles. The molecular weight excluding hydrogens is 340 g/mol. The second-order valence-corrected chi connectivity index (χ2v) is 6.27. The van der Waals surface area contributed by atoms with Gasteiger partial charge in [-0.3, -0.25) is 9.48 Å². The third kappa shape index (κ3) is 3.82. The Kier molecular flexibility index (Phi) is 4.57. The Morgan fingerprint density at radius 2 is 1.81 bits per heavy atom. The molecule has 4 rings (SSSR count). The van der Waals surface area contributed by atoms with E-state index in [-0.39, 0.29) is 12.5 Å². The van der Waals surface area contributed by atoms with Gasteiger partial charge in [0, 0.05) is 25.9 Å². The molecule has 2 N–H and O–H groups in total. The van der Waals surface area contributed by atoms with Gasteiger partial charge < -0.3 is 15.2 Å². The summed E-state index contributed by atoms with van der Waals surface area (Å²) in [5.74, 6) is 1.04. The fourth-order valence-corrected chi connectivity index (χ4v) is 2.96. The first-order valence-corrected chi connectivity index (χ1v) is 8.71. The van der Waals surface area contributed by atoms with E-state index in [9.17, 15) is 4.79 Å². The van der Waals surface area contributed by atoms with Crippen LogP contribution < -0.4 is 10.6 Å². The van der Waals surface area contributed by atoms with Crippen molar-refractivity contribution >= 4 is 28.7 Å². The van der Waals surface area contributed by atoms with Gasteiger partial charge >= 0.3 is 0 Å². The number of anilines is 2. The van der Waals surface area contributed by atoms with Gasteiger partial charge in [-0.05, 0) is 17.7 Å². The van der Waals surface area contributed by atoms with Crippen LogP contribution in [-0.4, -0.2) is 25.2 Å². The van der Waals surface area contributed by atoms with Crippen LogP contribution >= 0.6 is 0 Å². The molecule has 136 valence electrons. The molecule has 0 saturated carbocycles. The predicted molar refractivity (Wildman–Crippen MR) is 105 cm³/mol. The summed E-state index contributed by atoms with van der Waals surface area (Å²) in [5.41, 5.74) is 2.90. The van der Waals surface area contributed by atoms with Gasteiger partial charge in [0.25, 0.3) is 0 Å². The number of aryl methyl sites for hydroxylation is 1. The minimum Gasteiger partial charge on any atom is -0.352 e. The van der Waals surface area contributed by atoms with Crippen LogP contribution in [0.5, 0.6) is 0 Å². The second-order valence-electron chi connectivity index (χ2n) is 6.27. The van der Waals surface area contributed by atoms with Crippen LogP contribution in [0.1, 0.15) is 5.56 Å². The SMILES string of the molecule is Cn1ccc(NC(=O)Cn2c(NCc3ccccc3)nc3ccccc32)n1. The Labute approximate surface area is 156 Å². The number of carbonyl (C=O) groups is 1. The van der Waals surface area contributed by atoms with Gasteiger partial charge in [0.05, 0.1) is 11.0 Å². The standard InChI is InChI=1S/C20H20N6O/c1-25-12-11-18(24-25)23-19(27)14-26-17-10-6-5-9-16(17)22-20(26)21-13-15-7-3-2-4-8-15/h2-12H,13-14H2,1H3,(H,21,22)(H,23,24,27). The number of hydrogen-bond acceptors (Lipinski definition) is 4. The summed E-state index contributed by atoms with van der Waals surface area (Å²) < 4.78 is 3.53. The first-order chi connectivity index (χ1) is 13.2. The third-order valence-electron chi connectivity index (χ3n) is 4.23. The molecule has 0 fully saturated rings. The summed E-state index contributed by atoms with van der Waals surface area (Å²) in [6.45, 7) is 0.778. The highest BCUT2D eigenvalue weighted by Crippen LogP contribution is 2.20. The van der Waals surface area contributed by atoms with Crippen molar-refractivity contribution in [3.63, 3.8) is 0 Å². The molecular formula is C20H20N6O. The molecule has 0 radical (unpaired) electrons. The molecule has 0 spiro atoms. The van der Waals surface area contributed by atoms with Crippen LogP contribution in [0, 0.1) is 0 Å². The summed E-state index contributed by atoms with van der Waals surface area (Å²) in [5, 5.41) is 10.3. The molecule has 0 saturated heterocycles. The number of para-hydroxylation sites is 2. The Hall–Kier alpha value is -3.61. The highest BCUT2D eigenvalue weighted by atomic mass is 16.2.